The van der Waals surface area contributed by atoms with Crippen LogP contribution in [0.5, 0.6) is 0 Å². The highest BCUT2D eigenvalue weighted by atomic mass is 16.1. The largest absolute Gasteiger partial charge is 0.382 e. The van der Waals surface area contributed by atoms with Crippen LogP contribution in [0.3, 0.4) is 0 Å². The minimum Gasteiger partial charge on any atom is -0.382 e. The van der Waals surface area contributed by atoms with Gasteiger partial charge in [0.2, 0.25) is 0 Å². The summed E-state index contributed by atoms with van der Waals surface area (Å²) >= 11 is 0. The molecule has 0 aromatic heterocycles. The molecule has 0 spiro atoms. The second kappa shape index (κ2) is 5.54. The van der Waals surface area contributed by atoms with Crippen LogP contribution in [0.1, 0.15) is 38.1 Å². The molecule has 0 aliphatic rings. The number of para-hydroxylation sites is 1. The Labute approximate surface area is 97.2 Å². The normalized spacial score (nSPS) is 10.6. The van der Waals surface area contributed by atoms with Crippen LogP contribution in [0.4, 0.5) is 5.69 Å². The number of anilines is 1. The second-order valence-electron chi connectivity index (χ2n) is 4.47. The first-order valence-corrected chi connectivity index (χ1v) is 5.67. The topological polar surface area (TPSA) is 41.1 Å². The van der Waals surface area contributed by atoms with E-state index in [0.29, 0.717) is 11.6 Å². The van der Waals surface area contributed by atoms with Crippen LogP contribution in [0, 0.1) is 0 Å². The Kier molecular flexibility index (Phi) is 4.35. The number of carbonyl (C=O) groups excluding carboxylic acids is 1. The van der Waals surface area contributed by atoms with Crippen molar-refractivity contribution in [2.24, 2.45) is 0 Å². The van der Waals surface area contributed by atoms with E-state index in [-0.39, 0.29) is 11.9 Å². The van der Waals surface area contributed by atoms with Crippen molar-refractivity contribution >= 4 is 11.6 Å². The summed E-state index contributed by atoms with van der Waals surface area (Å²) in [6.45, 7) is 8.01. The van der Waals surface area contributed by atoms with Crippen LogP contribution < -0.4 is 10.6 Å². The summed E-state index contributed by atoms with van der Waals surface area (Å²) in [6, 6.07) is 8.03. The molecule has 0 aliphatic heterocycles. The van der Waals surface area contributed by atoms with Crippen molar-refractivity contribution in [2.75, 3.05) is 5.32 Å². The van der Waals surface area contributed by atoms with E-state index in [9.17, 15) is 4.79 Å². The van der Waals surface area contributed by atoms with Crippen molar-refractivity contribution < 1.29 is 4.79 Å². The first-order valence-electron chi connectivity index (χ1n) is 5.67. The lowest BCUT2D eigenvalue weighted by atomic mass is 10.1. The van der Waals surface area contributed by atoms with Crippen molar-refractivity contribution in [3.05, 3.63) is 29.8 Å². The number of hydrogen-bond acceptors (Lipinski definition) is 2. The number of benzene rings is 1. The summed E-state index contributed by atoms with van der Waals surface area (Å²) in [6.07, 6.45) is 0. The molecule has 0 radical (unpaired) electrons. The maximum atomic E-state index is 11.9. The molecule has 1 aromatic rings. The molecule has 88 valence electrons. The Balaban J connectivity index is 2.89. The summed E-state index contributed by atoms with van der Waals surface area (Å²) < 4.78 is 0. The molecule has 3 nitrogen and oxygen atoms in total. The molecule has 1 rings (SSSR count). The van der Waals surface area contributed by atoms with Gasteiger partial charge in [0.1, 0.15) is 0 Å². The van der Waals surface area contributed by atoms with Gasteiger partial charge < -0.3 is 10.6 Å². The van der Waals surface area contributed by atoms with Gasteiger partial charge in [-0.2, -0.15) is 0 Å². The second-order valence-corrected chi connectivity index (χ2v) is 4.47. The van der Waals surface area contributed by atoms with Crippen molar-refractivity contribution in [3.63, 3.8) is 0 Å². The molecular formula is C13H20N2O. The number of rotatable bonds is 4. The minimum atomic E-state index is -0.0289. The average Bonchev–Trinajstić information content (AvgIpc) is 2.16. The molecule has 0 unspecified atom stereocenters. The highest BCUT2D eigenvalue weighted by Crippen LogP contribution is 2.15. The van der Waals surface area contributed by atoms with E-state index in [1.807, 2.05) is 38.1 Å². The highest BCUT2D eigenvalue weighted by molar-refractivity contribution is 5.99. The van der Waals surface area contributed by atoms with Gasteiger partial charge in [0.05, 0.1) is 5.56 Å². The first-order chi connectivity index (χ1) is 7.50. The van der Waals surface area contributed by atoms with E-state index in [4.69, 9.17) is 0 Å². The molecule has 0 saturated heterocycles. The minimum absolute atomic E-state index is 0.0289. The van der Waals surface area contributed by atoms with Crippen molar-refractivity contribution in [1.29, 1.82) is 0 Å². The fourth-order valence-corrected chi connectivity index (χ4v) is 1.46. The molecule has 0 fully saturated rings. The Morgan fingerprint density at radius 3 is 2.25 bits per heavy atom. The smallest absolute Gasteiger partial charge is 0.253 e. The van der Waals surface area contributed by atoms with Gasteiger partial charge in [-0.25, -0.2) is 0 Å². The molecule has 16 heavy (non-hydrogen) atoms. The third-order valence-electron chi connectivity index (χ3n) is 2.04. The predicted molar refractivity (Wildman–Crippen MR) is 67.8 cm³/mol. The van der Waals surface area contributed by atoms with Gasteiger partial charge in [0.25, 0.3) is 5.91 Å². The SMILES string of the molecule is CC(C)NC(=O)c1ccccc1NC(C)C. The summed E-state index contributed by atoms with van der Waals surface area (Å²) in [7, 11) is 0. The monoisotopic (exact) mass is 220 g/mol. The number of carbonyl (C=O) groups is 1. The zero-order chi connectivity index (χ0) is 12.1. The molecule has 1 aromatic carbocycles. The van der Waals surface area contributed by atoms with Crippen molar-refractivity contribution in [3.8, 4) is 0 Å². The van der Waals surface area contributed by atoms with Crippen molar-refractivity contribution in [1.82, 2.24) is 5.32 Å². The van der Waals surface area contributed by atoms with E-state index < -0.39 is 0 Å². The van der Waals surface area contributed by atoms with Gasteiger partial charge in [-0.1, -0.05) is 12.1 Å². The number of nitrogens with one attached hydrogen (secondary N) is 2. The highest BCUT2D eigenvalue weighted by Gasteiger charge is 2.11. The molecule has 3 heteroatoms. The van der Waals surface area contributed by atoms with Gasteiger partial charge in [-0.3, -0.25) is 4.79 Å². The van der Waals surface area contributed by atoms with Crippen LogP contribution in [-0.2, 0) is 0 Å². The molecule has 0 aliphatic carbocycles. The van der Waals surface area contributed by atoms with Crippen LogP contribution in [-0.4, -0.2) is 18.0 Å². The first kappa shape index (κ1) is 12.6. The molecular weight excluding hydrogens is 200 g/mol. The lowest BCUT2D eigenvalue weighted by Crippen LogP contribution is -2.31. The van der Waals surface area contributed by atoms with Gasteiger partial charge in [-0.15, -0.1) is 0 Å². The average molecular weight is 220 g/mol. The molecule has 0 bridgehead atoms. The fourth-order valence-electron chi connectivity index (χ4n) is 1.46. The predicted octanol–water partition coefficient (Wildman–Crippen LogP) is 2.65. The third-order valence-corrected chi connectivity index (χ3v) is 2.04. The Bertz CT molecular complexity index is 359. The van der Waals surface area contributed by atoms with Crippen molar-refractivity contribution in [2.45, 2.75) is 39.8 Å². The van der Waals surface area contributed by atoms with E-state index in [2.05, 4.69) is 24.5 Å². The summed E-state index contributed by atoms with van der Waals surface area (Å²) in [5.41, 5.74) is 1.58. The summed E-state index contributed by atoms with van der Waals surface area (Å²) in [4.78, 5) is 11.9. The summed E-state index contributed by atoms with van der Waals surface area (Å²) in [5, 5.41) is 6.16. The zero-order valence-electron chi connectivity index (χ0n) is 10.4. The third kappa shape index (κ3) is 3.57. The van der Waals surface area contributed by atoms with Gasteiger partial charge in [0, 0.05) is 17.8 Å². The number of hydrogen-bond donors (Lipinski definition) is 2. The van der Waals surface area contributed by atoms with Crippen LogP contribution in [0.2, 0.25) is 0 Å². The van der Waals surface area contributed by atoms with Crippen LogP contribution in [0.15, 0.2) is 24.3 Å². The Hall–Kier alpha value is -1.51. The lowest BCUT2D eigenvalue weighted by molar-refractivity contribution is 0.0944. The molecule has 0 heterocycles. The van der Waals surface area contributed by atoms with Crippen LogP contribution >= 0.6 is 0 Å². The Morgan fingerprint density at radius 2 is 1.69 bits per heavy atom. The Morgan fingerprint density at radius 1 is 1.06 bits per heavy atom. The zero-order valence-corrected chi connectivity index (χ0v) is 10.4. The van der Waals surface area contributed by atoms with E-state index in [0.717, 1.165) is 5.69 Å². The lowest BCUT2D eigenvalue weighted by Gasteiger charge is -2.15. The van der Waals surface area contributed by atoms with E-state index in [1.54, 1.807) is 0 Å². The standard InChI is InChI=1S/C13H20N2O/c1-9(2)14-12-8-6-5-7-11(12)13(16)15-10(3)4/h5-10,14H,1-4H3,(H,15,16). The molecule has 0 atom stereocenters. The summed E-state index contributed by atoms with van der Waals surface area (Å²) in [5.74, 6) is -0.0289. The van der Waals surface area contributed by atoms with E-state index in [1.165, 1.54) is 0 Å². The molecule has 2 N–H and O–H groups in total. The van der Waals surface area contributed by atoms with Gasteiger partial charge in [-0.05, 0) is 39.8 Å². The molecule has 1 amide bonds. The number of amides is 1. The van der Waals surface area contributed by atoms with E-state index >= 15 is 0 Å². The molecule has 0 saturated carbocycles. The van der Waals surface area contributed by atoms with Gasteiger partial charge >= 0.3 is 0 Å². The maximum absolute atomic E-state index is 11.9. The quantitative estimate of drug-likeness (QED) is 0.819. The maximum Gasteiger partial charge on any atom is 0.253 e. The van der Waals surface area contributed by atoms with Gasteiger partial charge in [0.15, 0.2) is 0 Å². The van der Waals surface area contributed by atoms with Crippen LogP contribution in [0.25, 0.3) is 0 Å². The fraction of sp³-hybridized carbons (Fsp3) is 0.462.